The second-order valence-corrected chi connectivity index (χ2v) is 6.40. The van der Waals surface area contributed by atoms with Gasteiger partial charge in [0.25, 0.3) is 0 Å². The second kappa shape index (κ2) is 7.86. The molecule has 1 unspecified atom stereocenters. The largest absolute Gasteiger partial charge is 0.340 e. The van der Waals surface area contributed by atoms with Crippen molar-refractivity contribution in [1.82, 2.24) is 9.80 Å². The van der Waals surface area contributed by atoms with Crippen molar-refractivity contribution in [2.24, 2.45) is 5.92 Å². The molecule has 0 aliphatic carbocycles. The van der Waals surface area contributed by atoms with Crippen LogP contribution in [-0.2, 0) is 9.59 Å². The van der Waals surface area contributed by atoms with Gasteiger partial charge in [-0.2, -0.15) is 0 Å². The zero-order chi connectivity index (χ0) is 18.7. The molecule has 2 rings (SSSR count). The van der Waals surface area contributed by atoms with Gasteiger partial charge in [-0.25, -0.2) is 13.2 Å². The van der Waals surface area contributed by atoms with Gasteiger partial charge in [0.1, 0.15) is 0 Å². The third kappa shape index (κ3) is 4.31. The lowest BCUT2D eigenvalue weighted by molar-refractivity contribution is -0.136. The number of carbonyl (C=O) groups is 2. The molecule has 0 bridgehead atoms. The van der Waals surface area contributed by atoms with Crippen LogP contribution in [0.1, 0.15) is 20.8 Å². The van der Waals surface area contributed by atoms with Gasteiger partial charge in [0.2, 0.25) is 11.8 Å². The molecule has 1 aliphatic heterocycles. The third-order valence-electron chi connectivity index (χ3n) is 4.34. The summed E-state index contributed by atoms with van der Waals surface area (Å²) < 4.78 is 39.8. The maximum absolute atomic E-state index is 13.7. The highest BCUT2D eigenvalue weighted by Crippen LogP contribution is 2.20. The number of benzene rings is 1. The first-order chi connectivity index (χ1) is 11.7. The number of hydrogen-bond donors (Lipinski definition) is 1. The first kappa shape index (κ1) is 19.2. The number of rotatable bonds is 4. The van der Waals surface area contributed by atoms with Crippen LogP contribution in [-0.4, -0.2) is 53.8 Å². The Morgan fingerprint density at radius 2 is 1.60 bits per heavy atom. The molecule has 1 aromatic carbocycles. The molecule has 2 amide bonds. The average molecular weight is 357 g/mol. The van der Waals surface area contributed by atoms with E-state index >= 15 is 0 Å². The molecule has 1 heterocycles. The van der Waals surface area contributed by atoms with Gasteiger partial charge < -0.3 is 10.2 Å². The quantitative estimate of drug-likeness (QED) is 0.841. The van der Waals surface area contributed by atoms with Gasteiger partial charge in [0.15, 0.2) is 17.5 Å². The van der Waals surface area contributed by atoms with Crippen molar-refractivity contribution >= 4 is 17.5 Å². The Kier molecular flexibility index (Phi) is 6.05. The fraction of sp³-hybridized carbons (Fsp3) is 0.529. The molecule has 0 saturated carbocycles. The Hall–Kier alpha value is -2.09. The van der Waals surface area contributed by atoms with Crippen LogP contribution in [0.4, 0.5) is 18.9 Å². The van der Waals surface area contributed by atoms with E-state index in [2.05, 4.69) is 5.32 Å². The summed E-state index contributed by atoms with van der Waals surface area (Å²) in [6, 6.07) is 1.15. The molecule has 8 heteroatoms. The van der Waals surface area contributed by atoms with Gasteiger partial charge in [0, 0.05) is 32.1 Å². The molecule has 0 radical (unpaired) electrons. The van der Waals surface area contributed by atoms with Crippen molar-refractivity contribution < 1.29 is 22.8 Å². The van der Waals surface area contributed by atoms with E-state index < -0.39 is 35.1 Å². The van der Waals surface area contributed by atoms with Crippen LogP contribution in [0.3, 0.4) is 0 Å². The minimum atomic E-state index is -1.62. The summed E-state index contributed by atoms with van der Waals surface area (Å²) in [6.07, 6.45) is 0. The minimum absolute atomic E-state index is 0.0700. The van der Waals surface area contributed by atoms with E-state index in [1.54, 1.807) is 11.8 Å². The van der Waals surface area contributed by atoms with E-state index in [-0.39, 0.29) is 11.8 Å². The van der Waals surface area contributed by atoms with Gasteiger partial charge in [-0.3, -0.25) is 14.5 Å². The maximum atomic E-state index is 13.7. The van der Waals surface area contributed by atoms with E-state index in [1.165, 1.54) is 0 Å². The Morgan fingerprint density at radius 1 is 1.00 bits per heavy atom. The highest BCUT2D eigenvalue weighted by molar-refractivity contribution is 5.94. The highest BCUT2D eigenvalue weighted by atomic mass is 19.2. The van der Waals surface area contributed by atoms with Crippen LogP contribution >= 0.6 is 0 Å². The van der Waals surface area contributed by atoms with Crippen LogP contribution < -0.4 is 5.32 Å². The molecule has 1 aromatic rings. The Bertz CT molecular complexity index is 659. The average Bonchev–Trinajstić information content (AvgIpc) is 2.60. The zero-order valence-corrected chi connectivity index (χ0v) is 14.5. The molecule has 1 atom stereocenters. The Balaban J connectivity index is 1.95. The van der Waals surface area contributed by atoms with E-state index in [1.807, 2.05) is 18.7 Å². The lowest BCUT2D eigenvalue weighted by atomic mass is 10.1. The Morgan fingerprint density at radius 3 is 2.16 bits per heavy atom. The van der Waals surface area contributed by atoms with Crippen molar-refractivity contribution in [3.8, 4) is 0 Å². The number of nitrogens with one attached hydrogen (secondary N) is 1. The summed E-state index contributed by atoms with van der Waals surface area (Å²) in [6.45, 7) is 7.35. The topological polar surface area (TPSA) is 52.7 Å². The van der Waals surface area contributed by atoms with Crippen molar-refractivity contribution in [2.75, 3.05) is 31.5 Å². The normalized spacial score (nSPS) is 16.8. The van der Waals surface area contributed by atoms with Gasteiger partial charge in [0.05, 0.1) is 11.7 Å². The monoisotopic (exact) mass is 357 g/mol. The van der Waals surface area contributed by atoms with Crippen LogP contribution in [0.15, 0.2) is 12.1 Å². The first-order valence-corrected chi connectivity index (χ1v) is 8.19. The standard InChI is InChI=1S/C17H22F3N3O2/c1-10(2)17(25)23-8-6-22(7-9-23)11(3)16(24)21-13-5-4-12(18)14(19)15(13)20/h4-5,10-11H,6-9H2,1-3H3,(H,21,24). The number of hydrogen-bond acceptors (Lipinski definition) is 3. The van der Waals surface area contributed by atoms with E-state index in [4.69, 9.17) is 0 Å². The van der Waals surface area contributed by atoms with Crippen LogP contribution in [0, 0.1) is 23.4 Å². The molecular formula is C17H22F3N3O2. The molecule has 0 aromatic heterocycles. The highest BCUT2D eigenvalue weighted by Gasteiger charge is 2.28. The third-order valence-corrected chi connectivity index (χ3v) is 4.34. The van der Waals surface area contributed by atoms with Crippen molar-refractivity contribution in [3.63, 3.8) is 0 Å². The van der Waals surface area contributed by atoms with Gasteiger partial charge in [-0.1, -0.05) is 13.8 Å². The van der Waals surface area contributed by atoms with E-state index in [9.17, 15) is 22.8 Å². The summed E-state index contributed by atoms with van der Waals surface area (Å²) in [4.78, 5) is 27.8. The number of nitrogens with zero attached hydrogens (tertiary/aromatic N) is 2. The zero-order valence-electron chi connectivity index (χ0n) is 14.5. The molecule has 1 fully saturated rings. The Labute approximate surface area is 144 Å². The van der Waals surface area contributed by atoms with E-state index in [0.29, 0.717) is 26.2 Å². The summed E-state index contributed by atoms with van der Waals surface area (Å²) in [5.74, 6) is -4.88. The van der Waals surface area contributed by atoms with Crippen LogP contribution in [0.25, 0.3) is 0 Å². The summed E-state index contributed by atoms with van der Waals surface area (Å²) >= 11 is 0. The summed E-state index contributed by atoms with van der Waals surface area (Å²) in [5, 5.41) is 2.28. The number of anilines is 1. The molecule has 1 saturated heterocycles. The van der Waals surface area contributed by atoms with Gasteiger partial charge in [-0.05, 0) is 19.1 Å². The number of amides is 2. The number of halogens is 3. The first-order valence-electron chi connectivity index (χ1n) is 8.19. The van der Waals surface area contributed by atoms with Gasteiger partial charge >= 0.3 is 0 Å². The number of carbonyl (C=O) groups excluding carboxylic acids is 2. The molecule has 1 N–H and O–H groups in total. The maximum Gasteiger partial charge on any atom is 0.241 e. The predicted molar refractivity (Wildman–Crippen MR) is 87.4 cm³/mol. The molecule has 0 spiro atoms. The lowest BCUT2D eigenvalue weighted by Crippen LogP contribution is -2.54. The van der Waals surface area contributed by atoms with Crippen molar-refractivity contribution in [2.45, 2.75) is 26.8 Å². The SMILES string of the molecule is CC(C)C(=O)N1CCN(C(C)C(=O)Nc2ccc(F)c(F)c2F)CC1. The molecule has 25 heavy (non-hydrogen) atoms. The predicted octanol–water partition coefficient (Wildman–Crippen LogP) is 2.23. The second-order valence-electron chi connectivity index (χ2n) is 6.40. The molecule has 138 valence electrons. The molecule has 1 aliphatic rings. The fourth-order valence-electron chi connectivity index (χ4n) is 2.72. The minimum Gasteiger partial charge on any atom is -0.340 e. The van der Waals surface area contributed by atoms with Crippen molar-refractivity contribution in [3.05, 3.63) is 29.6 Å². The summed E-state index contributed by atoms with van der Waals surface area (Å²) in [5.41, 5.74) is -0.399. The molecule has 5 nitrogen and oxygen atoms in total. The number of piperazine rings is 1. The van der Waals surface area contributed by atoms with Crippen LogP contribution in [0.2, 0.25) is 0 Å². The van der Waals surface area contributed by atoms with Crippen molar-refractivity contribution in [1.29, 1.82) is 0 Å². The fourth-order valence-corrected chi connectivity index (χ4v) is 2.72. The molecular weight excluding hydrogens is 335 g/mol. The van der Waals surface area contributed by atoms with E-state index in [0.717, 1.165) is 12.1 Å². The van der Waals surface area contributed by atoms with Crippen LogP contribution in [0.5, 0.6) is 0 Å². The lowest BCUT2D eigenvalue weighted by Gasteiger charge is -2.38. The smallest absolute Gasteiger partial charge is 0.241 e. The van der Waals surface area contributed by atoms with Gasteiger partial charge in [-0.15, -0.1) is 0 Å². The summed E-state index contributed by atoms with van der Waals surface area (Å²) in [7, 11) is 0.